The van der Waals surface area contributed by atoms with Gasteiger partial charge in [0.15, 0.2) is 0 Å². The van der Waals surface area contributed by atoms with Crippen LogP contribution in [-0.2, 0) is 32.7 Å². The van der Waals surface area contributed by atoms with E-state index in [2.05, 4.69) is 0 Å². The summed E-state index contributed by atoms with van der Waals surface area (Å²) < 4.78 is 25.3. The molecule has 1 radical (unpaired) electrons. The summed E-state index contributed by atoms with van der Waals surface area (Å²) in [6.45, 7) is 1.25. The van der Waals surface area contributed by atoms with Crippen LogP contribution >= 0.6 is 0 Å². The van der Waals surface area contributed by atoms with E-state index < -0.39 is 23.2 Å². The minimum atomic E-state index is -1.48. The maximum absolute atomic E-state index is 12.9. The van der Waals surface area contributed by atoms with E-state index in [1.807, 2.05) is 6.07 Å². The average Bonchev–Trinajstić information content (AvgIpc) is 1.96. The van der Waals surface area contributed by atoms with Gasteiger partial charge < -0.3 is 5.11 Å². The third-order valence-electron chi connectivity index (χ3n) is 1.37. The van der Waals surface area contributed by atoms with Gasteiger partial charge in [-0.25, -0.2) is 9.18 Å². The number of rotatable bonds is 1. The van der Waals surface area contributed by atoms with Crippen molar-refractivity contribution < 1.29 is 51.4 Å². The first-order valence-corrected chi connectivity index (χ1v) is 3.13. The van der Waals surface area contributed by atoms with Crippen molar-refractivity contribution in [3.8, 4) is 0 Å². The SMILES string of the molecule is Cc1[c-]c(F)cc(C(=O)O)c1F.[Y]. The van der Waals surface area contributed by atoms with Gasteiger partial charge in [-0.1, -0.05) is 6.92 Å². The van der Waals surface area contributed by atoms with Crippen molar-refractivity contribution in [3.05, 3.63) is 34.9 Å². The van der Waals surface area contributed by atoms with Crippen molar-refractivity contribution in [3.63, 3.8) is 0 Å². The van der Waals surface area contributed by atoms with Crippen LogP contribution in [0.15, 0.2) is 6.07 Å². The zero-order chi connectivity index (χ0) is 9.30. The molecule has 0 amide bonds. The van der Waals surface area contributed by atoms with E-state index in [1.54, 1.807) is 0 Å². The molecule has 13 heavy (non-hydrogen) atoms. The van der Waals surface area contributed by atoms with E-state index in [1.165, 1.54) is 6.92 Å². The van der Waals surface area contributed by atoms with E-state index in [0.29, 0.717) is 6.07 Å². The van der Waals surface area contributed by atoms with Crippen molar-refractivity contribution in [1.82, 2.24) is 0 Å². The smallest absolute Gasteiger partial charge is 0.313 e. The van der Waals surface area contributed by atoms with Gasteiger partial charge in [0.05, 0.1) is 0 Å². The summed E-state index contributed by atoms with van der Waals surface area (Å²) >= 11 is 0. The molecule has 0 unspecified atom stereocenters. The monoisotopic (exact) mass is 260 g/mol. The van der Waals surface area contributed by atoms with Crippen molar-refractivity contribution in [2.24, 2.45) is 0 Å². The number of hydrogen-bond donors (Lipinski definition) is 1. The van der Waals surface area contributed by atoms with Crippen LogP contribution in [0, 0.1) is 24.6 Å². The molecule has 5 heteroatoms. The molecule has 67 valence electrons. The molecule has 1 aromatic rings. The fourth-order valence-corrected chi connectivity index (χ4v) is 0.818. The molecule has 0 fully saturated rings. The van der Waals surface area contributed by atoms with E-state index in [9.17, 15) is 13.6 Å². The number of halogens is 2. The fourth-order valence-electron chi connectivity index (χ4n) is 0.818. The number of carbonyl (C=O) groups is 1. The van der Waals surface area contributed by atoms with Gasteiger partial charge in [0, 0.05) is 44.3 Å². The summed E-state index contributed by atoms with van der Waals surface area (Å²) in [6.07, 6.45) is 0. The standard InChI is InChI=1S/C8H5F2O2.Y/c1-4-2-5(9)3-6(7(4)10)8(11)12;/h3H,1H3,(H,11,12);/q-1;. The first-order chi connectivity index (χ1) is 5.52. The summed E-state index contributed by atoms with van der Waals surface area (Å²) in [7, 11) is 0. The molecule has 1 rings (SSSR count). The predicted molar refractivity (Wildman–Crippen MR) is 36.9 cm³/mol. The second kappa shape index (κ2) is 4.77. The first kappa shape index (κ1) is 12.7. The van der Waals surface area contributed by atoms with Crippen LogP contribution < -0.4 is 0 Å². The van der Waals surface area contributed by atoms with Gasteiger partial charge in [0.25, 0.3) is 0 Å². The Morgan fingerprint density at radius 2 is 2.08 bits per heavy atom. The summed E-state index contributed by atoms with van der Waals surface area (Å²) in [5.74, 6) is -3.29. The number of carboxylic acid groups (broad SMARTS) is 1. The molecule has 1 aromatic carbocycles. The van der Waals surface area contributed by atoms with Crippen LogP contribution in [0.25, 0.3) is 0 Å². The molecule has 2 nitrogen and oxygen atoms in total. The Morgan fingerprint density at radius 3 is 2.54 bits per heavy atom. The van der Waals surface area contributed by atoms with Gasteiger partial charge in [0.2, 0.25) is 0 Å². The molecule has 0 spiro atoms. The molecule has 0 aliphatic heterocycles. The van der Waals surface area contributed by atoms with Crippen LogP contribution in [0.4, 0.5) is 8.78 Å². The van der Waals surface area contributed by atoms with Crippen LogP contribution in [-0.4, -0.2) is 11.1 Å². The van der Waals surface area contributed by atoms with Crippen LogP contribution in [0.2, 0.25) is 0 Å². The number of aryl methyl sites for hydroxylation is 1. The number of hydrogen-bond acceptors (Lipinski definition) is 1. The third-order valence-corrected chi connectivity index (χ3v) is 1.37. The van der Waals surface area contributed by atoms with Crippen molar-refractivity contribution >= 4 is 5.97 Å². The van der Waals surface area contributed by atoms with Gasteiger partial charge in [-0.05, 0) is 5.56 Å². The largest absolute Gasteiger partial charge is 0.479 e. The normalized spacial score (nSPS) is 9.15. The number of aromatic carboxylic acids is 1. The van der Waals surface area contributed by atoms with E-state index >= 15 is 0 Å². The molecule has 1 N–H and O–H groups in total. The fraction of sp³-hybridized carbons (Fsp3) is 0.125. The third kappa shape index (κ3) is 2.81. The first-order valence-electron chi connectivity index (χ1n) is 3.13. The minimum Gasteiger partial charge on any atom is -0.479 e. The summed E-state index contributed by atoms with van der Waals surface area (Å²) in [4.78, 5) is 10.3. The van der Waals surface area contributed by atoms with E-state index in [0.717, 1.165) is 0 Å². The Balaban J connectivity index is 0.00000144. The zero-order valence-electron chi connectivity index (χ0n) is 6.77. The minimum absolute atomic E-state index is 0. The van der Waals surface area contributed by atoms with E-state index in [-0.39, 0.29) is 38.3 Å². The summed E-state index contributed by atoms with van der Waals surface area (Å²) in [6, 6.07) is 2.63. The molecule has 0 bridgehead atoms. The second-order valence-corrected chi connectivity index (χ2v) is 2.28. The van der Waals surface area contributed by atoms with Crippen LogP contribution in [0.5, 0.6) is 0 Å². The van der Waals surface area contributed by atoms with Gasteiger partial charge >= 0.3 is 5.97 Å². The molecular weight excluding hydrogens is 255 g/mol. The Labute approximate surface area is 98.8 Å². The van der Waals surface area contributed by atoms with Crippen molar-refractivity contribution in [2.75, 3.05) is 0 Å². The Bertz CT molecular complexity index is 339. The summed E-state index contributed by atoms with van der Waals surface area (Å²) in [5.41, 5.74) is -0.795. The van der Waals surface area contributed by atoms with Gasteiger partial charge in [-0.3, -0.25) is 4.39 Å². The molecule has 0 atom stereocenters. The molecule has 0 aliphatic rings. The zero-order valence-corrected chi connectivity index (χ0v) is 9.60. The second-order valence-electron chi connectivity index (χ2n) is 2.28. The number of benzene rings is 1. The van der Waals surface area contributed by atoms with Gasteiger partial charge in [-0.15, -0.1) is 17.7 Å². The Morgan fingerprint density at radius 1 is 1.54 bits per heavy atom. The van der Waals surface area contributed by atoms with E-state index in [4.69, 9.17) is 5.11 Å². The van der Waals surface area contributed by atoms with Crippen LogP contribution in [0.1, 0.15) is 15.9 Å². The quantitative estimate of drug-likeness (QED) is 0.781. The molecule has 0 saturated heterocycles. The van der Waals surface area contributed by atoms with Crippen molar-refractivity contribution in [2.45, 2.75) is 6.92 Å². The average molecular weight is 260 g/mol. The van der Waals surface area contributed by atoms with Gasteiger partial charge in [-0.2, -0.15) is 0 Å². The molecule has 0 aromatic heterocycles. The topological polar surface area (TPSA) is 37.3 Å². The summed E-state index contributed by atoms with van der Waals surface area (Å²) in [5, 5.41) is 8.39. The molecule has 0 aliphatic carbocycles. The Hall–Kier alpha value is -0.346. The molecule has 0 heterocycles. The maximum atomic E-state index is 12.9. The molecular formula is C8H5F2O2Y-. The predicted octanol–water partition coefficient (Wildman–Crippen LogP) is 1.77. The molecule has 0 saturated carbocycles. The number of carboxylic acids is 1. The Kier molecular flexibility index (Phi) is 4.64. The van der Waals surface area contributed by atoms with Gasteiger partial charge in [0.1, 0.15) is 0 Å². The maximum Gasteiger partial charge on any atom is 0.313 e. The van der Waals surface area contributed by atoms with Crippen molar-refractivity contribution in [1.29, 1.82) is 0 Å². The van der Waals surface area contributed by atoms with Crippen LogP contribution in [0.3, 0.4) is 0 Å².